The lowest BCUT2D eigenvalue weighted by Crippen LogP contribution is -2.56. The molecule has 1 N–H and O–H groups in total. The largest absolute Gasteiger partial charge is 0.350 e. The summed E-state index contributed by atoms with van der Waals surface area (Å²) in [6.07, 6.45) is 0.185. The van der Waals surface area contributed by atoms with Gasteiger partial charge in [0.1, 0.15) is 18.4 Å². The van der Waals surface area contributed by atoms with E-state index in [1.165, 1.54) is 29.2 Å². The molecule has 0 fully saturated rings. The van der Waals surface area contributed by atoms with Gasteiger partial charge in [-0.3, -0.25) is 13.9 Å². The second kappa shape index (κ2) is 14.7. The highest BCUT2D eigenvalue weighted by Gasteiger charge is 2.35. The Labute approximate surface area is 272 Å². The van der Waals surface area contributed by atoms with Gasteiger partial charge in [-0.1, -0.05) is 86.6 Å². The van der Waals surface area contributed by atoms with Gasteiger partial charge >= 0.3 is 0 Å². The molecular formula is C37H42FN3O4S. The first-order valence-electron chi connectivity index (χ1n) is 15.3. The van der Waals surface area contributed by atoms with Crippen molar-refractivity contribution >= 4 is 27.5 Å². The Kier molecular flexibility index (Phi) is 11.0. The number of carbonyl (C=O) groups excluding carboxylic acids is 2. The lowest BCUT2D eigenvalue weighted by Gasteiger charge is -2.35. The number of nitrogens with zero attached hydrogens (tertiary/aromatic N) is 2. The van der Waals surface area contributed by atoms with Crippen molar-refractivity contribution in [2.24, 2.45) is 0 Å². The topological polar surface area (TPSA) is 86.8 Å². The quantitative estimate of drug-likeness (QED) is 0.186. The third kappa shape index (κ3) is 9.03. The maximum atomic E-state index is 14.5. The predicted octanol–water partition coefficient (Wildman–Crippen LogP) is 6.70. The van der Waals surface area contributed by atoms with Gasteiger partial charge in [-0.15, -0.1) is 0 Å². The first-order valence-corrected chi connectivity index (χ1v) is 16.8. The van der Waals surface area contributed by atoms with Crippen LogP contribution in [0.4, 0.5) is 10.1 Å². The Bertz CT molecular complexity index is 1700. The minimum Gasteiger partial charge on any atom is -0.350 e. The summed E-state index contributed by atoms with van der Waals surface area (Å²) in [5.41, 5.74) is 2.16. The van der Waals surface area contributed by atoms with E-state index < -0.39 is 39.9 Å². The van der Waals surface area contributed by atoms with Crippen LogP contribution in [0.1, 0.15) is 57.2 Å². The number of rotatable bonds is 12. The van der Waals surface area contributed by atoms with Crippen molar-refractivity contribution in [2.75, 3.05) is 10.8 Å². The summed E-state index contributed by atoms with van der Waals surface area (Å²) >= 11 is 0. The van der Waals surface area contributed by atoms with Gasteiger partial charge in [0, 0.05) is 18.5 Å². The molecule has 46 heavy (non-hydrogen) atoms. The van der Waals surface area contributed by atoms with Crippen molar-refractivity contribution in [1.82, 2.24) is 10.2 Å². The molecule has 0 aromatic heterocycles. The van der Waals surface area contributed by atoms with Crippen LogP contribution in [0, 0.1) is 5.82 Å². The van der Waals surface area contributed by atoms with Crippen molar-refractivity contribution in [3.8, 4) is 0 Å². The molecule has 9 heteroatoms. The zero-order valence-corrected chi connectivity index (χ0v) is 27.8. The van der Waals surface area contributed by atoms with Crippen molar-refractivity contribution < 1.29 is 22.4 Å². The zero-order valence-electron chi connectivity index (χ0n) is 27.0. The van der Waals surface area contributed by atoms with Gasteiger partial charge < -0.3 is 10.2 Å². The number of carbonyl (C=O) groups is 2. The fraction of sp³-hybridized carbons (Fsp3) is 0.297. The number of hydrogen-bond donors (Lipinski definition) is 1. The normalized spacial score (nSPS) is 12.4. The number of sulfonamides is 1. The molecule has 0 saturated heterocycles. The molecule has 0 aliphatic carbocycles. The Morgan fingerprint density at radius 2 is 1.35 bits per heavy atom. The monoisotopic (exact) mass is 643 g/mol. The fourth-order valence-corrected chi connectivity index (χ4v) is 6.50. The molecule has 0 aliphatic rings. The second-order valence-corrected chi connectivity index (χ2v) is 14.5. The van der Waals surface area contributed by atoms with Crippen LogP contribution in [-0.2, 0) is 32.6 Å². The highest BCUT2D eigenvalue weighted by Crippen LogP contribution is 2.27. The second-order valence-electron chi connectivity index (χ2n) is 12.7. The van der Waals surface area contributed by atoms with Gasteiger partial charge in [0.25, 0.3) is 10.0 Å². The standard InChI is InChI=1S/C37H42FN3O4S/c1-27(2)30-18-22-32(23-19-30)41(46(44,45)33-14-10-7-11-15-33)26-35(42)40(25-29-16-20-31(38)21-17-29)34(36(43)39-37(3,4)5)24-28-12-8-6-9-13-28/h6-23,27,34H,24-26H2,1-5H3,(H,39,43)/t34-/m1/s1. The van der Waals surface area contributed by atoms with Crippen LogP contribution in [0.3, 0.4) is 0 Å². The van der Waals surface area contributed by atoms with Crippen molar-refractivity contribution in [1.29, 1.82) is 0 Å². The first kappa shape index (κ1) is 34.4. The molecule has 2 amide bonds. The predicted molar refractivity (Wildman–Crippen MR) is 180 cm³/mol. The molecule has 7 nitrogen and oxygen atoms in total. The zero-order chi connectivity index (χ0) is 33.5. The van der Waals surface area contributed by atoms with E-state index in [1.807, 2.05) is 77.1 Å². The van der Waals surface area contributed by atoms with Gasteiger partial charge in [-0.25, -0.2) is 12.8 Å². The van der Waals surface area contributed by atoms with Crippen LogP contribution in [0.15, 0.2) is 114 Å². The van der Waals surface area contributed by atoms with Gasteiger partial charge in [0.15, 0.2) is 0 Å². The fourth-order valence-electron chi connectivity index (χ4n) is 5.07. The van der Waals surface area contributed by atoms with Crippen LogP contribution in [-0.4, -0.2) is 43.3 Å². The molecule has 0 heterocycles. The van der Waals surface area contributed by atoms with Gasteiger partial charge in [-0.2, -0.15) is 0 Å². The molecule has 4 rings (SSSR count). The number of halogens is 1. The molecule has 0 spiro atoms. The average Bonchev–Trinajstić information content (AvgIpc) is 3.02. The maximum Gasteiger partial charge on any atom is 0.264 e. The van der Waals surface area contributed by atoms with Crippen LogP contribution in [0.2, 0.25) is 0 Å². The number of amides is 2. The summed E-state index contributed by atoms with van der Waals surface area (Å²) < 4.78 is 43.2. The average molecular weight is 644 g/mol. The Morgan fingerprint density at radius 1 is 0.783 bits per heavy atom. The van der Waals surface area contributed by atoms with Crippen molar-refractivity contribution in [2.45, 2.75) is 70.0 Å². The van der Waals surface area contributed by atoms with E-state index >= 15 is 0 Å². The maximum absolute atomic E-state index is 14.5. The van der Waals surface area contributed by atoms with E-state index in [1.54, 1.807) is 42.5 Å². The van der Waals surface area contributed by atoms with Crippen LogP contribution in [0.5, 0.6) is 0 Å². The Morgan fingerprint density at radius 3 is 1.89 bits per heavy atom. The molecule has 242 valence electrons. The molecule has 0 unspecified atom stereocenters. The van der Waals surface area contributed by atoms with E-state index in [-0.39, 0.29) is 29.7 Å². The molecule has 0 saturated carbocycles. The van der Waals surface area contributed by atoms with Crippen LogP contribution >= 0.6 is 0 Å². The molecule has 1 atom stereocenters. The van der Waals surface area contributed by atoms with Crippen LogP contribution in [0.25, 0.3) is 0 Å². The summed E-state index contributed by atoms with van der Waals surface area (Å²) in [5, 5.41) is 3.00. The van der Waals surface area contributed by atoms with E-state index in [4.69, 9.17) is 0 Å². The first-order chi connectivity index (χ1) is 21.7. The van der Waals surface area contributed by atoms with Gasteiger partial charge in [0.2, 0.25) is 11.8 Å². The minimum absolute atomic E-state index is 0.0344. The highest BCUT2D eigenvalue weighted by atomic mass is 32.2. The number of anilines is 1. The third-order valence-electron chi connectivity index (χ3n) is 7.49. The van der Waals surface area contributed by atoms with Gasteiger partial charge in [-0.05, 0) is 79.8 Å². The van der Waals surface area contributed by atoms with Crippen molar-refractivity contribution in [3.05, 3.63) is 132 Å². The van der Waals surface area contributed by atoms with Gasteiger partial charge in [0.05, 0.1) is 10.6 Å². The van der Waals surface area contributed by atoms with E-state index in [0.29, 0.717) is 11.3 Å². The summed E-state index contributed by atoms with van der Waals surface area (Å²) in [6, 6.07) is 29.1. The van der Waals surface area contributed by atoms with E-state index in [2.05, 4.69) is 5.32 Å². The summed E-state index contributed by atoms with van der Waals surface area (Å²) in [4.78, 5) is 29.9. The third-order valence-corrected chi connectivity index (χ3v) is 9.28. The molecule has 4 aromatic rings. The Balaban J connectivity index is 1.81. The smallest absolute Gasteiger partial charge is 0.264 e. The summed E-state index contributed by atoms with van der Waals surface area (Å²) in [6.45, 7) is 9.04. The van der Waals surface area contributed by atoms with E-state index in [0.717, 1.165) is 15.4 Å². The van der Waals surface area contributed by atoms with Crippen LogP contribution < -0.4 is 9.62 Å². The van der Waals surface area contributed by atoms with E-state index in [9.17, 15) is 22.4 Å². The highest BCUT2D eigenvalue weighted by molar-refractivity contribution is 7.92. The molecular weight excluding hydrogens is 601 g/mol. The van der Waals surface area contributed by atoms with Crippen molar-refractivity contribution in [3.63, 3.8) is 0 Å². The lowest BCUT2D eigenvalue weighted by atomic mass is 10.0. The number of nitrogens with one attached hydrogen (secondary N) is 1. The molecule has 4 aromatic carbocycles. The summed E-state index contributed by atoms with van der Waals surface area (Å²) in [7, 11) is -4.19. The minimum atomic E-state index is -4.19. The molecule has 0 aliphatic heterocycles. The Hall–Kier alpha value is -4.50. The molecule has 0 bridgehead atoms. The number of benzene rings is 4. The molecule has 0 radical (unpaired) electrons. The summed E-state index contributed by atoms with van der Waals surface area (Å²) in [5.74, 6) is -1.17. The number of hydrogen-bond acceptors (Lipinski definition) is 4. The lowest BCUT2D eigenvalue weighted by molar-refractivity contribution is -0.140. The SMILES string of the molecule is CC(C)c1ccc(N(CC(=O)N(Cc2ccc(F)cc2)[C@H](Cc2ccccc2)C(=O)NC(C)(C)C)S(=O)(=O)c2ccccc2)cc1.